The third-order valence-corrected chi connectivity index (χ3v) is 2.90. The molecule has 0 radical (unpaired) electrons. The van der Waals surface area contributed by atoms with Gasteiger partial charge in [0.25, 0.3) is 0 Å². The molecule has 0 N–H and O–H groups in total. The molecule has 0 aliphatic rings. The van der Waals surface area contributed by atoms with Crippen molar-refractivity contribution in [2.45, 2.75) is 13.8 Å². The number of carbonyl (C=O) groups excluding carboxylic acids is 1. The number of nitrogens with zero attached hydrogens (tertiary/aromatic N) is 1. The Kier molecular flexibility index (Phi) is 4.47. The molecule has 0 atom stereocenters. The van der Waals surface area contributed by atoms with Gasteiger partial charge in [-0.1, -0.05) is 6.07 Å². The van der Waals surface area contributed by atoms with Gasteiger partial charge in [-0.25, -0.2) is 9.78 Å². The number of hydrogen-bond acceptors (Lipinski definition) is 6. The molecule has 6 nitrogen and oxygen atoms in total. The van der Waals surface area contributed by atoms with E-state index in [-0.39, 0.29) is 18.2 Å². The number of carbonyl (C=O) groups is 1. The predicted molar refractivity (Wildman–Crippen MR) is 75.7 cm³/mol. The largest absolute Gasteiger partial charge is 0.493 e. The molecule has 0 saturated carbocycles. The lowest BCUT2D eigenvalue weighted by atomic mass is 10.2. The summed E-state index contributed by atoms with van der Waals surface area (Å²) in [5.74, 6) is 1.23. The molecule has 6 heteroatoms. The van der Waals surface area contributed by atoms with Crippen LogP contribution >= 0.6 is 0 Å². The van der Waals surface area contributed by atoms with Gasteiger partial charge in [0.15, 0.2) is 17.2 Å². The first-order valence-electron chi connectivity index (χ1n) is 6.48. The molecule has 0 aliphatic carbocycles. The number of methoxy groups -OCH3 is 2. The van der Waals surface area contributed by atoms with Crippen LogP contribution in [-0.4, -0.2) is 31.8 Å². The maximum Gasteiger partial charge on any atom is 0.360 e. The van der Waals surface area contributed by atoms with Gasteiger partial charge in [0.2, 0.25) is 5.89 Å². The minimum Gasteiger partial charge on any atom is -0.493 e. The molecule has 0 aliphatic heterocycles. The fourth-order valence-electron chi connectivity index (χ4n) is 1.96. The average molecular weight is 291 g/mol. The smallest absolute Gasteiger partial charge is 0.360 e. The van der Waals surface area contributed by atoms with E-state index >= 15 is 0 Å². The third-order valence-electron chi connectivity index (χ3n) is 2.90. The van der Waals surface area contributed by atoms with Gasteiger partial charge < -0.3 is 18.6 Å². The minimum absolute atomic E-state index is 0.164. The number of benzene rings is 1. The van der Waals surface area contributed by atoms with E-state index in [1.807, 2.05) is 0 Å². The lowest BCUT2D eigenvalue weighted by Gasteiger charge is -2.09. The van der Waals surface area contributed by atoms with Crippen LogP contribution in [0, 0.1) is 6.92 Å². The second kappa shape index (κ2) is 6.30. The molecule has 1 heterocycles. The van der Waals surface area contributed by atoms with Gasteiger partial charge in [0.05, 0.1) is 26.4 Å². The van der Waals surface area contributed by atoms with Gasteiger partial charge in [-0.05, 0) is 26.0 Å². The summed E-state index contributed by atoms with van der Waals surface area (Å²) in [6, 6.07) is 5.34. The highest BCUT2D eigenvalue weighted by atomic mass is 16.5. The van der Waals surface area contributed by atoms with Crippen molar-refractivity contribution in [3.63, 3.8) is 0 Å². The Balaban J connectivity index is 2.48. The van der Waals surface area contributed by atoms with E-state index in [1.54, 1.807) is 39.2 Å². The highest BCUT2D eigenvalue weighted by Gasteiger charge is 2.22. The number of aromatic nitrogens is 1. The Bertz CT molecular complexity index is 648. The first-order chi connectivity index (χ1) is 10.1. The summed E-state index contributed by atoms with van der Waals surface area (Å²) in [6.07, 6.45) is 0. The van der Waals surface area contributed by atoms with Gasteiger partial charge in [-0.15, -0.1) is 0 Å². The number of rotatable bonds is 5. The summed E-state index contributed by atoms with van der Waals surface area (Å²) in [6.45, 7) is 3.68. The van der Waals surface area contributed by atoms with Gasteiger partial charge >= 0.3 is 5.97 Å². The molecule has 2 rings (SSSR count). The third kappa shape index (κ3) is 2.84. The predicted octanol–water partition coefficient (Wildman–Crippen LogP) is 2.84. The van der Waals surface area contributed by atoms with E-state index < -0.39 is 5.97 Å². The Morgan fingerprint density at radius 2 is 2.05 bits per heavy atom. The molecule has 112 valence electrons. The van der Waals surface area contributed by atoms with Crippen LogP contribution in [0.3, 0.4) is 0 Å². The van der Waals surface area contributed by atoms with E-state index in [0.717, 1.165) is 0 Å². The normalized spacial score (nSPS) is 10.3. The maximum atomic E-state index is 11.8. The van der Waals surface area contributed by atoms with Crippen LogP contribution in [0.5, 0.6) is 11.5 Å². The molecule has 21 heavy (non-hydrogen) atoms. The molecule has 0 fully saturated rings. The quantitative estimate of drug-likeness (QED) is 0.789. The summed E-state index contributed by atoms with van der Waals surface area (Å²) < 4.78 is 21.1. The molecule has 0 saturated heterocycles. The topological polar surface area (TPSA) is 70.8 Å². The van der Waals surface area contributed by atoms with E-state index in [1.165, 1.54) is 7.11 Å². The van der Waals surface area contributed by atoms with E-state index in [2.05, 4.69) is 4.98 Å². The van der Waals surface area contributed by atoms with Crippen LogP contribution in [-0.2, 0) is 4.74 Å². The van der Waals surface area contributed by atoms with Crippen LogP contribution in [0.1, 0.15) is 23.2 Å². The molecular weight excluding hydrogens is 274 g/mol. The van der Waals surface area contributed by atoms with E-state index in [9.17, 15) is 4.79 Å². The van der Waals surface area contributed by atoms with Gasteiger partial charge in [-0.2, -0.15) is 0 Å². The molecule has 0 spiro atoms. The van der Waals surface area contributed by atoms with Crippen LogP contribution in [0.25, 0.3) is 11.5 Å². The van der Waals surface area contributed by atoms with Gasteiger partial charge in [0, 0.05) is 0 Å². The van der Waals surface area contributed by atoms with Gasteiger partial charge in [0.1, 0.15) is 5.76 Å². The number of aryl methyl sites for hydroxylation is 1. The Labute approximate surface area is 122 Å². The van der Waals surface area contributed by atoms with Crippen molar-refractivity contribution in [2.24, 2.45) is 0 Å². The monoisotopic (exact) mass is 291 g/mol. The lowest BCUT2D eigenvalue weighted by molar-refractivity contribution is 0.0518. The fraction of sp³-hybridized carbons (Fsp3) is 0.333. The zero-order valence-corrected chi connectivity index (χ0v) is 12.4. The van der Waals surface area contributed by atoms with E-state index in [4.69, 9.17) is 18.6 Å². The summed E-state index contributed by atoms with van der Waals surface area (Å²) in [7, 11) is 3.08. The Hall–Kier alpha value is -2.50. The van der Waals surface area contributed by atoms with Crippen molar-refractivity contribution in [3.05, 3.63) is 29.7 Å². The van der Waals surface area contributed by atoms with Crippen molar-refractivity contribution < 1.29 is 23.4 Å². The van der Waals surface area contributed by atoms with Crippen molar-refractivity contribution in [1.29, 1.82) is 0 Å². The van der Waals surface area contributed by atoms with Crippen LogP contribution in [0.15, 0.2) is 22.6 Å². The molecule has 1 aromatic heterocycles. The Morgan fingerprint density at radius 1 is 1.29 bits per heavy atom. The summed E-state index contributed by atoms with van der Waals surface area (Å²) in [5, 5.41) is 0. The fourth-order valence-corrected chi connectivity index (χ4v) is 1.96. The van der Waals surface area contributed by atoms with Crippen LogP contribution in [0.4, 0.5) is 0 Å². The molecule has 2 aromatic rings. The number of hydrogen-bond donors (Lipinski definition) is 0. The number of ether oxygens (including phenoxy) is 3. The van der Waals surface area contributed by atoms with Gasteiger partial charge in [-0.3, -0.25) is 0 Å². The summed E-state index contributed by atoms with van der Waals surface area (Å²) in [5.41, 5.74) is 0.771. The number of para-hydroxylation sites is 1. The van der Waals surface area contributed by atoms with Crippen molar-refractivity contribution in [2.75, 3.05) is 20.8 Å². The summed E-state index contributed by atoms with van der Waals surface area (Å²) in [4.78, 5) is 16.0. The molecule has 1 aromatic carbocycles. The van der Waals surface area contributed by atoms with Crippen molar-refractivity contribution in [3.8, 4) is 23.0 Å². The maximum absolute atomic E-state index is 11.8. The van der Waals surface area contributed by atoms with Crippen LogP contribution < -0.4 is 9.47 Å². The average Bonchev–Trinajstić information content (AvgIpc) is 2.88. The SMILES string of the molecule is CCOC(=O)c1nc(-c2cccc(OC)c2OC)oc1C. The standard InChI is InChI=1S/C15H17NO5/c1-5-20-15(17)12-9(2)21-14(16-12)10-7-6-8-11(18-3)13(10)19-4/h6-8H,5H2,1-4H3. The summed E-state index contributed by atoms with van der Waals surface area (Å²) >= 11 is 0. The highest BCUT2D eigenvalue weighted by molar-refractivity contribution is 5.89. The Morgan fingerprint density at radius 3 is 2.67 bits per heavy atom. The minimum atomic E-state index is -0.508. The first-order valence-corrected chi connectivity index (χ1v) is 6.48. The van der Waals surface area contributed by atoms with E-state index in [0.29, 0.717) is 22.8 Å². The molecular formula is C15H17NO5. The van der Waals surface area contributed by atoms with Crippen molar-refractivity contribution >= 4 is 5.97 Å². The molecule has 0 amide bonds. The lowest BCUT2D eigenvalue weighted by Crippen LogP contribution is -2.06. The number of esters is 1. The first kappa shape index (κ1) is 14.9. The molecule has 0 bridgehead atoms. The zero-order chi connectivity index (χ0) is 15.4. The zero-order valence-electron chi connectivity index (χ0n) is 12.4. The second-order valence-electron chi connectivity index (χ2n) is 4.19. The molecule has 0 unspecified atom stereocenters. The number of oxazole rings is 1. The van der Waals surface area contributed by atoms with Crippen molar-refractivity contribution in [1.82, 2.24) is 4.98 Å². The van der Waals surface area contributed by atoms with Crippen LogP contribution in [0.2, 0.25) is 0 Å². The second-order valence-corrected chi connectivity index (χ2v) is 4.19. The highest BCUT2D eigenvalue weighted by Crippen LogP contribution is 2.37.